The smallest absolute Gasteiger partial charge is 0.328 e. The van der Waals surface area contributed by atoms with E-state index in [1.54, 1.807) is 13.8 Å². The Hall–Kier alpha value is -1.15. The molecule has 3 atom stereocenters. The summed E-state index contributed by atoms with van der Waals surface area (Å²) < 4.78 is 36.5. The van der Waals surface area contributed by atoms with Crippen LogP contribution in [-0.4, -0.2) is 42.7 Å². The summed E-state index contributed by atoms with van der Waals surface area (Å²) in [5, 5.41) is 1.76. The molecule has 2 N–H and O–H groups in total. The monoisotopic (exact) mass is 349 g/mol. The third-order valence-electron chi connectivity index (χ3n) is 3.95. The minimum atomic E-state index is -4.12. The molecule has 0 bridgehead atoms. The molecule has 0 aromatic carbocycles. The minimum absolute atomic E-state index is 0.0799. The molecule has 1 amide bonds. The molecule has 1 aliphatic carbocycles. The first-order valence-electron chi connectivity index (χ1n) is 7.95. The van der Waals surface area contributed by atoms with Crippen molar-refractivity contribution in [3.05, 3.63) is 0 Å². The van der Waals surface area contributed by atoms with Gasteiger partial charge in [0, 0.05) is 5.92 Å². The highest BCUT2D eigenvalue weighted by Crippen LogP contribution is 2.30. The van der Waals surface area contributed by atoms with Gasteiger partial charge in [-0.2, -0.15) is 8.42 Å². The van der Waals surface area contributed by atoms with Crippen LogP contribution >= 0.6 is 0 Å². The molecule has 134 valence electrons. The number of rotatable bonds is 7. The zero-order valence-corrected chi connectivity index (χ0v) is 14.9. The molecular weight excluding hydrogens is 322 g/mol. The van der Waals surface area contributed by atoms with Crippen molar-refractivity contribution in [2.24, 2.45) is 17.8 Å². The van der Waals surface area contributed by atoms with Gasteiger partial charge >= 0.3 is 5.97 Å². The molecule has 1 rings (SSSR count). The van der Waals surface area contributed by atoms with E-state index in [0.29, 0.717) is 6.42 Å². The van der Waals surface area contributed by atoms with Crippen molar-refractivity contribution >= 4 is 22.0 Å². The summed E-state index contributed by atoms with van der Waals surface area (Å²) in [7, 11) is -4.12. The van der Waals surface area contributed by atoms with E-state index in [-0.39, 0.29) is 37.2 Å². The number of hydrogen-bond acceptors (Lipinski definition) is 5. The molecule has 1 aliphatic rings. The minimum Gasteiger partial charge on any atom is -0.464 e. The molecular formula is C15H27NO6S. The SMILES string of the molecule is CC(C)COC(=O)[C@@H](NC(=O)C1CCC(S(=O)(=O)O)C1)C(C)C. The van der Waals surface area contributed by atoms with Crippen LogP contribution in [0.5, 0.6) is 0 Å². The Kier molecular flexibility index (Phi) is 7.01. The first-order chi connectivity index (χ1) is 10.5. The van der Waals surface area contributed by atoms with Gasteiger partial charge in [0.1, 0.15) is 6.04 Å². The van der Waals surface area contributed by atoms with E-state index in [1.807, 2.05) is 13.8 Å². The highest BCUT2D eigenvalue weighted by atomic mass is 32.2. The Morgan fingerprint density at radius 2 is 1.83 bits per heavy atom. The summed E-state index contributed by atoms with van der Waals surface area (Å²) in [5.41, 5.74) is 0. The zero-order chi connectivity index (χ0) is 17.8. The molecule has 7 nitrogen and oxygen atoms in total. The highest BCUT2D eigenvalue weighted by Gasteiger charge is 2.38. The van der Waals surface area contributed by atoms with Gasteiger partial charge in [-0.3, -0.25) is 9.35 Å². The molecule has 0 aliphatic heterocycles. The van der Waals surface area contributed by atoms with Crippen LogP contribution in [0.25, 0.3) is 0 Å². The lowest BCUT2D eigenvalue weighted by Crippen LogP contribution is -2.47. The van der Waals surface area contributed by atoms with E-state index in [9.17, 15) is 18.0 Å². The molecule has 0 radical (unpaired) electrons. The van der Waals surface area contributed by atoms with Crippen LogP contribution in [0.3, 0.4) is 0 Å². The van der Waals surface area contributed by atoms with Gasteiger partial charge in [-0.1, -0.05) is 27.7 Å². The normalized spacial score (nSPS) is 23.1. The number of amides is 1. The van der Waals surface area contributed by atoms with Gasteiger partial charge in [0.2, 0.25) is 5.91 Å². The predicted octanol–water partition coefficient (Wildman–Crippen LogP) is 1.38. The van der Waals surface area contributed by atoms with E-state index in [4.69, 9.17) is 9.29 Å². The van der Waals surface area contributed by atoms with E-state index in [0.717, 1.165) is 0 Å². The summed E-state index contributed by atoms with van der Waals surface area (Å²) >= 11 is 0. The number of carbonyl (C=O) groups excluding carboxylic acids is 2. The fourth-order valence-electron chi connectivity index (χ4n) is 2.56. The Bertz CT molecular complexity index is 528. The average Bonchev–Trinajstić information content (AvgIpc) is 2.91. The third kappa shape index (κ3) is 6.10. The Morgan fingerprint density at radius 1 is 1.22 bits per heavy atom. The summed E-state index contributed by atoms with van der Waals surface area (Å²) in [6.45, 7) is 7.73. The predicted molar refractivity (Wildman–Crippen MR) is 85.2 cm³/mol. The Morgan fingerprint density at radius 3 is 2.26 bits per heavy atom. The maximum absolute atomic E-state index is 12.3. The average molecular weight is 349 g/mol. The van der Waals surface area contributed by atoms with Crippen molar-refractivity contribution in [3.63, 3.8) is 0 Å². The lowest BCUT2D eigenvalue weighted by atomic mass is 10.0. The molecule has 0 aromatic rings. The van der Waals surface area contributed by atoms with Crippen molar-refractivity contribution in [2.45, 2.75) is 58.2 Å². The molecule has 0 aromatic heterocycles. The molecule has 0 heterocycles. The van der Waals surface area contributed by atoms with Crippen LogP contribution in [0.15, 0.2) is 0 Å². The van der Waals surface area contributed by atoms with Gasteiger partial charge < -0.3 is 10.1 Å². The number of hydrogen-bond donors (Lipinski definition) is 2. The molecule has 8 heteroatoms. The highest BCUT2D eigenvalue weighted by molar-refractivity contribution is 7.86. The molecule has 0 spiro atoms. The number of carbonyl (C=O) groups is 2. The fraction of sp³-hybridized carbons (Fsp3) is 0.867. The second-order valence-corrected chi connectivity index (χ2v) is 8.60. The molecule has 2 unspecified atom stereocenters. The van der Waals surface area contributed by atoms with Crippen molar-refractivity contribution < 1.29 is 27.3 Å². The van der Waals surface area contributed by atoms with Crippen molar-refractivity contribution in [1.82, 2.24) is 5.32 Å². The van der Waals surface area contributed by atoms with Gasteiger partial charge in [0.25, 0.3) is 10.1 Å². The maximum Gasteiger partial charge on any atom is 0.328 e. The first kappa shape index (κ1) is 19.9. The fourth-order valence-corrected chi connectivity index (χ4v) is 3.47. The molecule has 1 saturated carbocycles. The number of nitrogens with one attached hydrogen (secondary N) is 1. The largest absolute Gasteiger partial charge is 0.464 e. The van der Waals surface area contributed by atoms with Crippen LogP contribution in [0.1, 0.15) is 47.0 Å². The molecule has 23 heavy (non-hydrogen) atoms. The third-order valence-corrected chi connectivity index (χ3v) is 5.22. The maximum atomic E-state index is 12.3. The lowest BCUT2D eigenvalue weighted by Gasteiger charge is -2.23. The molecule has 1 fully saturated rings. The van der Waals surface area contributed by atoms with Crippen LogP contribution in [0.2, 0.25) is 0 Å². The number of ether oxygens (including phenoxy) is 1. The summed E-state index contributed by atoms with van der Waals surface area (Å²) in [5.74, 6) is -1.30. The van der Waals surface area contributed by atoms with E-state index in [2.05, 4.69) is 5.32 Å². The summed E-state index contributed by atoms with van der Waals surface area (Å²) in [6, 6.07) is -0.758. The zero-order valence-electron chi connectivity index (χ0n) is 14.1. The van der Waals surface area contributed by atoms with Gasteiger partial charge in [0.15, 0.2) is 0 Å². The number of esters is 1. The molecule has 0 saturated heterocycles. The lowest BCUT2D eigenvalue weighted by molar-refractivity contribution is -0.150. The van der Waals surface area contributed by atoms with Gasteiger partial charge in [-0.15, -0.1) is 0 Å². The Balaban J connectivity index is 2.63. The summed E-state index contributed by atoms with van der Waals surface area (Å²) in [4.78, 5) is 24.4. The van der Waals surface area contributed by atoms with Crippen molar-refractivity contribution in [1.29, 1.82) is 0 Å². The van der Waals surface area contributed by atoms with E-state index >= 15 is 0 Å². The van der Waals surface area contributed by atoms with Crippen LogP contribution in [0, 0.1) is 17.8 Å². The van der Waals surface area contributed by atoms with Gasteiger partial charge in [0.05, 0.1) is 11.9 Å². The van der Waals surface area contributed by atoms with Crippen LogP contribution in [0.4, 0.5) is 0 Å². The van der Waals surface area contributed by atoms with E-state index in [1.165, 1.54) is 0 Å². The van der Waals surface area contributed by atoms with Crippen molar-refractivity contribution in [3.8, 4) is 0 Å². The standard InChI is InChI=1S/C15H27NO6S/c1-9(2)8-22-15(18)13(10(3)4)16-14(17)11-5-6-12(7-11)23(19,20)21/h9-13H,5-8H2,1-4H3,(H,16,17)(H,19,20,21)/t11?,12?,13-/m0/s1. The summed E-state index contributed by atoms with van der Waals surface area (Å²) in [6.07, 6.45) is 0.708. The van der Waals surface area contributed by atoms with Gasteiger partial charge in [-0.25, -0.2) is 4.79 Å². The second-order valence-electron chi connectivity index (χ2n) is 6.90. The van der Waals surface area contributed by atoms with Crippen LogP contribution in [-0.2, 0) is 24.4 Å². The first-order valence-corrected chi connectivity index (χ1v) is 9.46. The van der Waals surface area contributed by atoms with Crippen LogP contribution < -0.4 is 5.32 Å². The topological polar surface area (TPSA) is 110 Å². The van der Waals surface area contributed by atoms with Gasteiger partial charge in [-0.05, 0) is 31.1 Å². The van der Waals surface area contributed by atoms with E-state index < -0.39 is 33.3 Å². The second kappa shape index (κ2) is 8.10. The Labute approximate surface area is 137 Å². The quantitative estimate of drug-likeness (QED) is 0.531. The van der Waals surface area contributed by atoms with Crippen molar-refractivity contribution in [2.75, 3.05) is 6.61 Å².